The summed E-state index contributed by atoms with van der Waals surface area (Å²) in [5.74, 6) is 0. The van der Waals surface area contributed by atoms with Gasteiger partial charge in [-0.15, -0.1) is 6.58 Å². The van der Waals surface area contributed by atoms with Gasteiger partial charge in [-0.25, -0.2) is 0 Å². The normalized spacial score (nSPS) is 21.1. The number of benzene rings is 2. The molecule has 0 aromatic heterocycles. The summed E-state index contributed by atoms with van der Waals surface area (Å²) in [6.45, 7) is 15.5. The zero-order valence-electron chi connectivity index (χ0n) is 16.7. The molecule has 3 heteroatoms. The van der Waals surface area contributed by atoms with Crippen LogP contribution in [-0.2, 0) is 9.16 Å². The molecule has 2 nitrogen and oxygen atoms in total. The maximum Gasteiger partial charge on any atom is 0.261 e. The van der Waals surface area contributed by atoms with Gasteiger partial charge < -0.3 is 9.16 Å². The van der Waals surface area contributed by atoms with Crippen molar-refractivity contribution in [3.8, 4) is 0 Å². The van der Waals surface area contributed by atoms with Gasteiger partial charge in [0.15, 0.2) is 0 Å². The quantitative estimate of drug-likeness (QED) is 0.565. The lowest BCUT2D eigenvalue weighted by molar-refractivity contribution is 0.00134. The lowest BCUT2D eigenvalue weighted by Crippen LogP contribution is -2.68. The Balaban J connectivity index is 2.07. The maximum absolute atomic E-state index is 7.10. The molecule has 0 spiro atoms. The average molecular weight is 379 g/mol. The highest BCUT2D eigenvalue weighted by atomic mass is 28.4. The van der Waals surface area contributed by atoms with Crippen LogP contribution in [0, 0.1) is 0 Å². The first-order valence-electron chi connectivity index (χ1n) is 9.59. The van der Waals surface area contributed by atoms with Crippen molar-refractivity contribution in [2.24, 2.45) is 0 Å². The van der Waals surface area contributed by atoms with Gasteiger partial charge >= 0.3 is 0 Å². The largest absolute Gasteiger partial charge is 0.402 e. The van der Waals surface area contributed by atoms with Crippen LogP contribution in [0.25, 0.3) is 0 Å². The third-order valence-electron chi connectivity index (χ3n) is 5.33. The molecule has 0 amide bonds. The summed E-state index contributed by atoms with van der Waals surface area (Å²) in [7, 11) is -2.55. The Labute approximate surface area is 164 Å². The van der Waals surface area contributed by atoms with Crippen molar-refractivity contribution in [1.29, 1.82) is 0 Å². The highest BCUT2D eigenvalue weighted by Crippen LogP contribution is 2.38. The van der Waals surface area contributed by atoms with Crippen molar-refractivity contribution < 1.29 is 9.16 Å². The standard InChI is InChI=1S/C24H30O2Si/c1-6-23-19(2)17-20(18-25-23)26-27(24(3,4)5,21-13-9-7-10-14-21)22-15-11-8-12-16-22/h6-16,20,23H,1-2,17-18H2,3-5H3. The van der Waals surface area contributed by atoms with Gasteiger partial charge in [0.05, 0.1) is 18.8 Å². The minimum absolute atomic E-state index is 0.00000362. The molecular formula is C24H30O2Si. The fourth-order valence-corrected chi connectivity index (χ4v) is 8.71. The van der Waals surface area contributed by atoms with Gasteiger partial charge in [0, 0.05) is 0 Å². The molecule has 1 aliphatic heterocycles. The molecule has 2 aromatic carbocycles. The van der Waals surface area contributed by atoms with E-state index in [1.807, 2.05) is 6.08 Å². The van der Waals surface area contributed by atoms with Crippen molar-refractivity contribution in [3.05, 3.63) is 85.5 Å². The molecule has 0 N–H and O–H groups in total. The van der Waals surface area contributed by atoms with Crippen molar-refractivity contribution >= 4 is 18.7 Å². The van der Waals surface area contributed by atoms with E-state index < -0.39 is 8.32 Å². The molecule has 2 unspecified atom stereocenters. The number of rotatable bonds is 5. The van der Waals surface area contributed by atoms with E-state index in [-0.39, 0.29) is 17.2 Å². The second kappa shape index (κ2) is 7.97. The van der Waals surface area contributed by atoms with Gasteiger partial charge in [-0.2, -0.15) is 0 Å². The summed E-state index contributed by atoms with van der Waals surface area (Å²) >= 11 is 0. The Bertz CT molecular complexity index is 738. The Morgan fingerprint density at radius 2 is 1.52 bits per heavy atom. The predicted molar refractivity (Wildman–Crippen MR) is 116 cm³/mol. The maximum atomic E-state index is 7.10. The summed E-state index contributed by atoms with van der Waals surface area (Å²) in [5, 5.41) is 2.55. The summed E-state index contributed by atoms with van der Waals surface area (Å²) in [6.07, 6.45) is 2.56. The molecule has 0 bridgehead atoms. The summed E-state index contributed by atoms with van der Waals surface area (Å²) in [6, 6.07) is 21.4. The monoisotopic (exact) mass is 378 g/mol. The Kier molecular flexibility index (Phi) is 5.85. The first-order chi connectivity index (χ1) is 12.9. The summed E-state index contributed by atoms with van der Waals surface area (Å²) < 4.78 is 13.1. The van der Waals surface area contributed by atoms with Crippen molar-refractivity contribution in [1.82, 2.24) is 0 Å². The van der Waals surface area contributed by atoms with E-state index in [0.717, 1.165) is 12.0 Å². The zero-order chi connectivity index (χ0) is 19.5. The van der Waals surface area contributed by atoms with Gasteiger partial charge in [0.1, 0.15) is 0 Å². The average Bonchev–Trinajstić information content (AvgIpc) is 2.66. The topological polar surface area (TPSA) is 18.5 Å². The van der Waals surface area contributed by atoms with Crippen LogP contribution in [0.1, 0.15) is 27.2 Å². The van der Waals surface area contributed by atoms with Crippen molar-refractivity contribution in [2.45, 2.75) is 44.4 Å². The van der Waals surface area contributed by atoms with Crippen molar-refractivity contribution in [2.75, 3.05) is 6.61 Å². The van der Waals surface area contributed by atoms with E-state index in [9.17, 15) is 0 Å². The Hall–Kier alpha value is -1.94. The van der Waals surface area contributed by atoms with E-state index in [4.69, 9.17) is 9.16 Å². The molecule has 2 atom stereocenters. The molecule has 1 saturated heterocycles. The van der Waals surface area contributed by atoms with Crippen LogP contribution in [0.4, 0.5) is 0 Å². The summed E-state index contributed by atoms with van der Waals surface area (Å²) in [4.78, 5) is 0. The first-order valence-corrected chi connectivity index (χ1v) is 11.5. The van der Waals surface area contributed by atoms with Crippen LogP contribution in [0.2, 0.25) is 5.04 Å². The van der Waals surface area contributed by atoms with Crippen LogP contribution in [0.5, 0.6) is 0 Å². The third kappa shape index (κ3) is 3.86. The number of hydrogen-bond acceptors (Lipinski definition) is 2. The van der Waals surface area contributed by atoms with Gasteiger partial charge in [0.2, 0.25) is 0 Å². The minimum atomic E-state index is -2.55. The fraction of sp³-hybridized carbons (Fsp3) is 0.333. The van der Waals surface area contributed by atoms with Crippen molar-refractivity contribution in [3.63, 3.8) is 0 Å². The minimum Gasteiger partial charge on any atom is -0.402 e. The van der Waals surface area contributed by atoms with E-state index >= 15 is 0 Å². The third-order valence-corrected chi connectivity index (χ3v) is 10.4. The lowest BCUT2D eigenvalue weighted by Gasteiger charge is -2.46. The second-order valence-corrected chi connectivity index (χ2v) is 12.5. The van der Waals surface area contributed by atoms with Crippen LogP contribution in [0.3, 0.4) is 0 Å². The highest BCUT2D eigenvalue weighted by Gasteiger charge is 2.51. The van der Waals surface area contributed by atoms with Crippen LogP contribution >= 0.6 is 0 Å². The molecule has 27 heavy (non-hydrogen) atoms. The lowest BCUT2D eigenvalue weighted by atomic mass is 10.0. The molecule has 0 saturated carbocycles. The number of ether oxygens (including phenoxy) is 1. The molecule has 0 aliphatic carbocycles. The second-order valence-electron chi connectivity index (χ2n) is 8.26. The van der Waals surface area contributed by atoms with Gasteiger partial charge in [-0.05, 0) is 27.4 Å². The molecule has 3 rings (SSSR count). The molecule has 1 aliphatic rings. The smallest absolute Gasteiger partial charge is 0.261 e. The molecule has 2 aromatic rings. The Morgan fingerprint density at radius 3 is 1.93 bits per heavy atom. The SMILES string of the molecule is C=CC1OCC(O[Si](c2ccccc2)(c2ccccc2)C(C)(C)C)CC1=C. The fourth-order valence-electron chi connectivity index (χ4n) is 4.05. The molecule has 142 valence electrons. The van der Waals surface area contributed by atoms with Crippen LogP contribution in [0.15, 0.2) is 85.5 Å². The molecule has 1 heterocycles. The van der Waals surface area contributed by atoms with Crippen LogP contribution in [-0.4, -0.2) is 27.1 Å². The molecule has 0 radical (unpaired) electrons. The zero-order valence-corrected chi connectivity index (χ0v) is 17.7. The highest BCUT2D eigenvalue weighted by molar-refractivity contribution is 6.99. The Morgan fingerprint density at radius 1 is 1.00 bits per heavy atom. The van der Waals surface area contributed by atoms with Gasteiger partial charge in [0.25, 0.3) is 8.32 Å². The van der Waals surface area contributed by atoms with E-state index in [1.165, 1.54) is 10.4 Å². The first kappa shape index (κ1) is 19.8. The van der Waals surface area contributed by atoms with Gasteiger partial charge in [-0.3, -0.25) is 0 Å². The predicted octanol–water partition coefficient (Wildman–Crippen LogP) is 4.46. The molecule has 1 fully saturated rings. The van der Waals surface area contributed by atoms with E-state index in [2.05, 4.69) is 94.6 Å². The van der Waals surface area contributed by atoms with Gasteiger partial charge in [-0.1, -0.05) is 94.1 Å². The molecular weight excluding hydrogens is 348 g/mol. The van der Waals surface area contributed by atoms with E-state index in [0.29, 0.717) is 6.61 Å². The summed E-state index contributed by atoms with van der Waals surface area (Å²) in [5.41, 5.74) is 1.04. The number of hydrogen-bond donors (Lipinski definition) is 0. The van der Waals surface area contributed by atoms with Crippen LogP contribution < -0.4 is 10.4 Å². The van der Waals surface area contributed by atoms with E-state index in [1.54, 1.807) is 0 Å².